The second kappa shape index (κ2) is 9.41. The fraction of sp³-hybridized carbons (Fsp3) is 0.280. The molecule has 1 aromatic heterocycles. The average molecular weight is 424 g/mol. The molecule has 0 spiro atoms. The van der Waals surface area contributed by atoms with Crippen LogP contribution in [0.2, 0.25) is 5.02 Å². The van der Waals surface area contributed by atoms with E-state index in [4.69, 9.17) is 21.3 Å². The molecular weight excluding hydrogens is 398 g/mol. The zero-order valence-electron chi connectivity index (χ0n) is 17.8. The number of carboxylic acid groups (broad SMARTS) is 1. The van der Waals surface area contributed by atoms with Gasteiger partial charge in [-0.3, -0.25) is 4.79 Å². The van der Waals surface area contributed by atoms with Crippen molar-refractivity contribution in [3.8, 4) is 22.4 Å². The molecule has 0 aliphatic heterocycles. The Morgan fingerprint density at radius 3 is 2.30 bits per heavy atom. The summed E-state index contributed by atoms with van der Waals surface area (Å²) in [4.78, 5) is 16.6. The van der Waals surface area contributed by atoms with E-state index in [9.17, 15) is 9.90 Å². The standard InChI is InChI=1S/C25H26ClNO3/c1-5-30-14-22-21(13-23(28)29)24(18-8-10-20(26)11-9-18)17(4)25(27-22)19-7-6-15(2)16(3)12-19/h6-12H,5,13-14H2,1-4H3,(H,28,29). The predicted octanol–water partition coefficient (Wildman–Crippen LogP) is 6.16. The fourth-order valence-electron chi connectivity index (χ4n) is 3.61. The summed E-state index contributed by atoms with van der Waals surface area (Å²) in [5.41, 5.74) is 8.32. The second-order valence-corrected chi connectivity index (χ2v) is 7.84. The van der Waals surface area contributed by atoms with Gasteiger partial charge in [0.2, 0.25) is 0 Å². The summed E-state index contributed by atoms with van der Waals surface area (Å²) < 4.78 is 5.65. The van der Waals surface area contributed by atoms with Crippen LogP contribution in [0, 0.1) is 20.8 Å². The second-order valence-electron chi connectivity index (χ2n) is 7.40. The van der Waals surface area contributed by atoms with Crippen molar-refractivity contribution in [2.45, 2.75) is 40.7 Å². The van der Waals surface area contributed by atoms with Crippen LogP contribution in [-0.4, -0.2) is 22.7 Å². The minimum absolute atomic E-state index is 0.124. The van der Waals surface area contributed by atoms with Crippen LogP contribution < -0.4 is 0 Å². The van der Waals surface area contributed by atoms with Crippen molar-refractivity contribution >= 4 is 17.6 Å². The Kier molecular flexibility index (Phi) is 6.91. The maximum absolute atomic E-state index is 11.7. The van der Waals surface area contributed by atoms with Gasteiger partial charge in [-0.1, -0.05) is 35.9 Å². The Hall–Kier alpha value is -2.69. The number of carbonyl (C=O) groups is 1. The number of halogens is 1. The Morgan fingerprint density at radius 1 is 1.03 bits per heavy atom. The molecule has 2 aromatic carbocycles. The van der Waals surface area contributed by atoms with Gasteiger partial charge < -0.3 is 9.84 Å². The smallest absolute Gasteiger partial charge is 0.307 e. The van der Waals surface area contributed by atoms with E-state index in [0.29, 0.717) is 22.9 Å². The van der Waals surface area contributed by atoms with Gasteiger partial charge in [-0.05, 0) is 79.3 Å². The first-order valence-electron chi connectivity index (χ1n) is 9.97. The molecule has 1 heterocycles. The first-order valence-corrected chi connectivity index (χ1v) is 10.3. The van der Waals surface area contributed by atoms with Crippen LogP contribution >= 0.6 is 11.6 Å². The molecule has 0 aliphatic rings. The molecule has 0 aliphatic carbocycles. The molecule has 0 saturated carbocycles. The highest BCUT2D eigenvalue weighted by Gasteiger charge is 2.21. The van der Waals surface area contributed by atoms with Gasteiger partial charge in [-0.2, -0.15) is 0 Å². The van der Waals surface area contributed by atoms with Crippen LogP contribution in [0.4, 0.5) is 0 Å². The largest absolute Gasteiger partial charge is 0.481 e. The van der Waals surface area contributed by atoms with Gasteiger partial charge in [0.05, 0.1) is 24.4 Å². The van der Waals surface area contributed by atoms with Gasteiger partial charge >= 0.3 is 5.97 Å². The van der Waals surface area contributed by atoms with Crippen LogP contribution in [0.25, 0.3) is 22.4 Å². The molecule has 0 unspecified atom stereocenters. The molecular formula is C25H26ClNO3. The molecule has 4 nitrogen and oxygen atoms in total. The van der Waals surface area contributed by atoms with E-state index in [2.05, 4.69) is 32.0 Å². The predicted molar refractivity (Wildman–Crippen MR) is 121 cm³/mol. The summed E-state index contributed by atoms with van der Waals surface area (Å²) >= 11 is 6.10. The molecule has 1 N–H and O–H groups in total. The van der Waals surface area contributed by atoms with Crippen LogP contribution in [0.1, 0.15) is 34.9 Å². The lowest BCUT2D eigenvalue weighted by Gasteiger charge is -2.20. The van der Waals surface area contributed by atoms with Crippen molar-refractivity contribution in [3.05, 3.63) is 75.4 Å². The number of hydrogen-bond donors (Lipinski definition) is 1. The lowest BCUT2D eigenvalue weighted by molar-refractivity contribution is -0.136. The maximum atomic E-state index is 11.7. The molecule has 156 valence electrons. The number of hydrogen-bond acceptors (Lipinski definition) is 3. The average Bonchev–Trinajstić information content (AvgIpc) is 2.70. The number of benzene rings is 2. The number of aromatic nitrogens is 1. The summed E-state index contributed by atoms with van der Waals surface area (Å²) in [6.07, 6.45) is -0.124. The topological polar surface area (TPSA) is 59.4 Å². The molecule has 0 atom stereocenters. The lowest BCUT2D eigenvalue weighted by Crippen LogP contribution is -2.12. The van der Waals surface area contributed by atoms with Crippen molar-refractivity contribution in [1.82, 2.24) is 4.98 Å². The van der Waals surface area contributed by atoms with Gasteiger partial charge in [-0.15, -0.1) is 0 Å². The highest BCUT2D eigenvalue weighted by atomic mass is 35.5. The minimum Gasteiger partial charge on any atom is -0.481 e. The van der Waals surface area contributed by atoms with Gasteiger partial charge in [0.1, 0.15) is 0 Å². The van der Waals surface area contributed by atoms with E-state index in [-0.39, 0.29) is 13.0 Å². The quantitative estimate of drug-likeness (QED) is 0.494. The fourth-order valence-corrected chi connectivity index (χ4v) is 3.74. The van der Waals surface area contributed by atoms with E-state index >= 15 is 0 Å². The highest BCUT2D eigenvalue weighted by Crippen LogP contribution is 2.36. The SMILES string of the molecule is CCOCc1nc(-c2ccc(C)c(C)c2)c(C)c(-c2ccc(Cl)cc2)c1CC(=O)O. The zero-order chi connectivity index (χ0) is 21.8. The van der Waals surface area contributed by atoms with Crippen molar-refractivity contribution in [2.24, 2.45) is 0 Å². The molecule has 0 radical (unpaired) electrons. The number of aryl methyl sites for hydroxylation is 2. The molecule has 5 heteroatoms. The minimum atomic E-state index is -0.900. The van der Waals surface area contributed by atoms with E-state index < -0.39 is 5.97 Å². The third kappa shape index (κ3) is 4.72. The lowest BCUT2D eigenvalue weighted by atomic mass is 9.89. The Labute approximate surface area is 182 Å². The van der Waals surface area contributed by atoms with Crippen molar-refractivity contribution in [2.75, 3.05) is 6.61 Å². The summed E-state index contributed by atoms with van der Waals surface area (Å²) in [5.74, 6) is -0.900. The van der Waals surface area contributed by atoms with E-state index in [1.54, 1.807) is 0 Å². The van der Waals surface area contributed by atoms with Gasteiger partial charge in [-0.25, -0.2) is 4.98 Å². The molecule has 0 saturated heterocycles. The number of rotatable bonds is 7. The third-order valence-electron chi connectivity index (χ3n) is 5.31. The van der Waals surface area contributed by atoms with Crippen molar-refractivity contribution in [1.29, 1.82) is 0 Å². The number of pyridine rings is 1. The van der Waals surface area contributed by atoms with Crippen molar-refractivity contribution < 1.29 is 14.6 Å². The summed E-state index contributed by atoms with van der Waals surface area (Å²) in [7, 11) is 0. The maximum Gasteiger partial charge on any atom is 0.307 e. The number of nitrogens with zero attached hydrogens (tertiary/aromatic N) is 1. The number of ether oxygens (including phenoxy) is 1. The Morgan fingerprint density at radius 2 is 1.70 bits per heavy atom. The molecule has 0 fully saturated rings. The molecule has 0 bridgehead atoms. The first kappa shape index (κ1) is 22.0. The zero-order valence-corrected chi connectivity index (χ0v) is 18.5. The number of carboxylic acids is 1. The van der Waals surface area contributed by atoms with Crippen LogP contribution in [0.15, 0.2) is 42.5 Å². The van der Waals surface area contributed by atoms with Crippen molar-refractivity contribution in [3.63, 3.8) is 0 Å². The molecule has 0 amide bonds. The van der Waals surface area contributed by atoms with Crippen LogP contribution in [-0.2, 0) is 22.6 Å². The van der Waals surface area contributed by atoms with Crippen LogP contribution in [0.3, 0.4) is 0 Å². The van der Waals surface area contributed by atoms with E-state index in [1.165, 1.54) is 11.1 Å². The first-order chi connectivity index (χ1) is 14.3. The molecule has 3 aromatic rings. The van der Waals surface area contributed by atoms with E-state index in [1.807, 2.05) is 38.1 Å². The van der Waals surface area contributed by atoms with Gasteiger partial charge in [0, 0.05) is 17.2 Å². The van der Waals surface area contributed by atoms with E-state index in [0.717, 1.165) is 27.9 Å². The normalized spacial score (nSPS) is 11.0. The summed E-state index contributed by atoms with van der Waals surface area (Å²) in [6, 6.07) is 13.7. The summed E-state index contributed by atoms with van der Waals surface area (Å²) in [6.45, 7) is 8.85. The summed E-state index contributed by atoms with van der Waals surface area (Å²) in [5, 5.41) is 10.2. The Bertz CT molecular complexity index is 1070. The van der Waals surface area contributed by atoms with Gasteiger partial charge in [0.25, 0.3) is 0 Å². The number of aliphatic carboxylic acids is 1. The molecule has 3 rings (SSSR count). The highest BCUT2D eigenvalue weighted by molar-refractivity contribution is 6.30. The Balaban J connectivity index is 2.33. The monoisotopic (exact) mass is 423 g/mol. The van der Waals surface area contributed by atoms with Gasteiger partial charge in [0.15, 0.2) is 0 Å². The molecule has 30 heavy (non-hydrogen) atoms. The third-order valence-corrected chi connectivity index (χ3v) is 5.56. The van der Waals surface area contributed by atoms with Crippen LogP contribution in [0.5, 0.6) is 0 Å².